The van der Waals surface area contributed by atoms with E-state index in [4.69, 9.17) is 8.92 Å². The number of fused-ring (bicyclic) bond motifs is 3. The Hall–Kier alpha value is -1.80. The molecule has 3 saturated carbocycles. The number of amides is 1. The average Bonchev–Trinajstić information content (AvgIpc) is 3.31. The van der Waals surface area contributed by atoms with Crippen LogP contribution in [0.25, 0.3) is 0 Å². The van der Waals surface area contributed by atoms with Crippen LogP contribution in [0.4, 0.5) is 0 Å². The highest BCUT2D eigenvalue weighted by Gasteiger charge is 2.76. The molecule has 5 rings (SSSR count). The molecule has 3 fully saturated rings. The van der Waals surface area contributed by atoms with E-state index in [-0.39, 0.29) is 22.7 Å². The number of aliphatic hydroxyl groups excluding tert-OH is 1. The van der Waals surface area contributed by atoms with Gasteiger partial charge in [-0.15, -0.1) is 0 Å². The number of methoxy groups -OCH3 is 1. The number of ether oxygens (including phenoxy) is 1. The summed E-state index contributed by atoms with van der Waals surface area (Å²) in [5.41, 5.74) is 2.58. The smallest absolute Gasteiger partial charge is 0.409 e. The van der Waals surface area contributed by atoms with Crippen molar-refractivity contribution in [1.82, 2.24) is 4.72 Å². The van der Waals surface area contributed by atoms with Crippen LogP contribution in [-0.2, 0) is 21.5 Å². The summed E-state index contributed by atoms with van der Waals surface area (Å²) in [6, 6.07) is 3.68. The third-order valence-corrected chi connectivity index (χ3v) is 9.54. The van der Waals surface area contributed by atoms with Crippen molar-refractivity contribution in [3.63, 3.8) is 0 Å². The predicted octanol–water partition coefficient (Wildman–Crippen LogP) is 2.67. The molecule has 8 heteroatoms. The minimum absolute atomic E-state index is 0.0237. The molecule has 2 unspecified atom stereocenters. The highest BCUT2D eigenvalue weighted by atomic mass is 32.2. The number of benzene rings is 1. The van der Waals surface area contributed by atoms with Gasteiger partial charge in [0.05, 0.1) is 13.2 Å². The summed E-state index contributed by atoms with van der Waals surface area (Å²) in [5.74, 6) is 1.32. The summed E-state index contributed by atoms with van der Waals surface area (Å²) >= 11 is 0. The Bertz CT molecular complexity index is 1020. The molecule has 0 heterocycles. The fourth-order valence-electron chi connectivity index (χ4n) is 7.34. The van der Waals surface area contributed by atoms with Gasteiger partial charge in [0, 0.05) is 6.92 Å². The molecule has 0 bridgehead atoms. The average molecular weight is 436 g/mol. The van der Waals surface area contributed by atoms with E-state index in [9.17, 15) is 18.3 Å². The molecule has 4 aliphatic rings. The molecular weight excluding hydrogens is 406 g/mol. The Morgan fingerprint density at radius 2 is 2.03 bits per heavy atom. The molecule has 1 aromatic rings. The fraction of sp³-hybridized carbons (Fsp3) is 0.682. The number of hydrogen-bond donors (Lipinski definition) is 2. The minimum atomic E-state index is -4.25. The summed E-state index contributed by atoms with van der Waals surface area (Å²) in [4.78, 5) is 11.1. The van der Waals surface area contributed by atoms with Crippen molar-refractivity contribution in [3.8, 4) is 11.5 Å². The first-order valence-corrected chi connectivity index (χ1v) is 12.1. The molecule has 0 aromatic heterocycles. The van der Waals surface area contributed by atoms with Crippen molar-refractivity contribution in [1.29, 1.82) is 0 Å². The van der Waals surface area contributed by atoms with Crippen molar-refractivity contribution in [2.45, 2.75) is 64.4 Å². The molecule has 1 aromatic carbocycles. The Kier molecular flexibility index (Phi) is 4.26. The third-order valence-electron chi connectivity index (χ3n) is 8.60. The number of aryl methyl sites for hydroxylation is 1. The van der Waals surface area contributed by atoms with Crippen LogP contribution in [0.15, 0.2) is 12.1 Å². The van der Waals surface area contributed by atoms with E-state index in [0.717, 1.165) is 44.6 Å². The van der Waals surface area contributed by atoms with Crippen molar-refractivity contribution >= 4 is 16.2 Å². The van der Waals surface area contributed by atoms with E-state index in [1.807, 2.05) is 10.8 Å². The molecular formula is C22H29NO6S. The van der Waals surface area contributed by atoms with E-state index in [1.165, 1.54) is 19.1 Å². The molecule has 4 aliphatic carbocycles. The quantitative estimate of drug-likeness (QED) is 0.754. The van der Waals surface area contributed by atoms with Gasteiger partial charge in [-0.1, -0.05) is 6.92 Å². The topological polar surface area (TPSA) is 102 Å². The minimum Gasteiger partial charge on any atom is -0.493 e. The summed E-state index contributed by atoms with van der Waals surface area (Å²) in [7, 11) is -2.77. The van der Waals surface area contributed by atoms with Crippen LogP contribution in [0.5, 0.6) is 11.5 Å². The van der Waals surface area contributed by atoms with Gasteiger partial charge in [-0.2, -0.15) is 8.42 Å². The van der Waals surface area contributed by atoms with Crippen LogP contribution in [0.1, 0.15) is 63.0 Å². The second-order valence-corrected chi connectivity index (χ2v) is 11.1. The molecule has 0 saturated heterocycles. The van der Waals surface area contributed by atoms with Crippen LogP contribution >= 0.6 is 0 Å². The van der Waals surface area contributed by atoms with Crippen LogP contribution in [0.3, 0.4) is 0 Å². The van der Waals surface area contributed by atoms with Gasteiger partial charge in [-0.25, -0.2) is 4.72 Å². The number of nitrogens with one attached hydrogen (secondary N) is 1. The number of rotatable bonds is 4. The fourth-order valence-corrected chi connectivity index (χ4v) is 8.10. The van der Waals surface area contributed by atoms with Crippen molar-refractivity contribution in [2.75, 3.05) is 7.11 Å². The van der Waals surface area contributed by atoms with Gasteiger partial charge in [-0.3, -0.25) is 4.79 Å². The highest BCUT2D eigenvalue weighted by molar-refractivity contribution is 7.85. The molecule has 30 heavy (non-hydrogen) atoms. The maximum absolute atomic E-state index is 12.1. The highest BCUT2D eigenvalue weighted by Crippen LogP contribution is 2.81. The molecule has 1 amide bonds. The summed E-state index contributed by atoms with van der Waals surface area (Å²) in [6.07, 6.45) is 5.89. The van der Waals surface area contributed by atoms with E-state index >= 15 is 0 Å². The van der Waals surface area contributed by atoms with E-state index in [1.54, 1.807) is 6.07 Å². The maximum Gasteiger partial charge on any atom is 0.409 e. The van der Waals surface area contributed by atoms with Gasteiger partial charge in [0.15, 0.2) is 11.5 Å². The molecule has 2 N–H and O–H groups in total. The zero-order chi connectivity index (χ0) is 21.5. The number of hydrogen-bond acceptors (Lipinski definition) is 6. The first kappa shape index (κ1) is 20.1. The Morgan fingerprint density at radius 1 is 1.27 bits per heavy atom. The molecule has 0 aliphatic heterocycles. The van der Waals surface area contributed by atoms with Gasteiger partial charge in [-0.05, 0) is 90.4 Å². The number of carbonyl (C=O) groups excluding carboxylic acids is 1. The zero-order valence-corrected chi connectivity index (χ0v) is 18.4. The first-order valence-electron chi connectivity index (χ1n) is 10.7. The second kappa shape index (κ2) is 6.36. The Labute approximate surface area is 177 Å². The van der Waals surface area contributed by atoms with Crippen LogP contribution in [-0.4, -0.2) is 32.6 Å². The van der Waals surface area contributed by atoms with Crippen molar-refractivity contribution in [3.05, 3.63) is 23.3 Å². The lowest BCUT2D eigenvalue weighted by Crippen LogP contribution is -2.47. The lowest BCUT2D eigenvalue weighted by Gasteiger charge is -2.52. The Morgan fingerprint density at radius 3 is 2.73 bits per heavy atom. The normalized spacial score (nSPS) is 38.5. The predicted molar refractivity (Wildman–Crippen MR) is 109 cm³/mol. The summed E-state index contributed by atoms with van der Waals surface area (Å²) in [5, 5.41) is 10.7. The number of aliphatic hydroxyl groups is 1. The van der Waals surface area contributed by atoms with Gasteiger partial charge < -0.3 is 14.0 Å². The van der Waals surface area contributed by atoms with Gasteiger partial charge in [0.2, 0.25) is 5.91 Å². The first-order chi connectivity index (χ1) is 14.1. The summed E-state index contributed by atoms with van der Waals surface area (Å²) in [6.45, 7) is 3.41. The van der Waals surface area contributed by atoms with Crippen LogP contribution in [0.2, 0.25) is 0 Å². The van der Waals surface area contributed by atoms with E-state index in [0.29, 0.717) is 23.5 Å². The zero-order valence-electron chi connectivity index (χ0n) is 17.6. The SMILES string of the molecule is COc1cc2c(cc1OS(=O)(=O)NC(C)=O)CCC1C2CC[C@]2(C)[C@H](O)C[C@@H]3C[C@@]132. The third kappa shape index (κ3) is 2.65. The van der Waals surface area contributed by atoms with Gasteiger partial charge >= 0.3 is 10.3 Å². The Balaban J connectivity index is 1.49. The molecule has 1 spiro atoms. The maximum atomic E-state index is 12.1. The number of carbonyl (C=O) groups is 1. The lowest BCUT2D eigenvalue weighted by atomic mass is 9.52. The second-order valence-electron chi connectivity index (χ2n) is 9.80. The lowest BCUT2D eigenvalue weighted by molar-refractivity contribution is -0.117. The van der Waals surface area contributed by atoms with Crippen LogP contribution in [0, 0.1) is 22.7 Å². The van der Waals surface area contributed by atoms with E-state index < -0.39 is 16.2 Å². The van der Waals surface area contributed by atoms with Crippen molar-refractivity contribution in [2.24, 2.45) is 22.7 Å². The molecule has 164 valence electrons. The van der Waals surface area contributed by atoms with Crippen LogP contribution < -0.4 is 13.6 Å². The molecule has 7 nitrogen and oxygen atoms in total. The van der Waals surface area contributed by atoms with Crippen molar-refractivity contribution < 1.29 is 27.2 Å². The summed E-state index contributed by atoms with van der Waals surface area (Å²) < 4.78 is 36.6. The van der Waals surface area contributed by atoms with Gasteiger partial charge in [0.25, 0.3) is 0 Å². The monoisotopic (exact) mass is 435 g/mol. The van der Waals surface area contributed by atoms with E-state index in [2.05, 4.69) is 6.92 Å². The molecule has 0 radical (unpaired) electrons. The van der Waals surface area contributed by atoms with Gasteiger partial charge in [0.1, 0.15) is 0 Å². The molecule has 6 atom stereocenters. The largest absolute Gasteiger partial charge is 0.493 e. The standard InChI is InChI=1S/C22H29NO6S/c1-12(24)23-30(26,27)29-19-8-13-4-5-17-15(16(13)10-18(19)28-3)6-7-21(2)20(25)9-14-11-22(14,17)21/h8,10,14-15,17,20,25H,4-7,9,11H2,1-3H3,(H,23,24)/t14-,15?,17?,20-,21-,22+/m1/s1.